The van der Waals surface area contributed by atoms with Crippen molar-refractivity contribution in [2.75, 3.05) is 24.5 Å². The van der Waals surface area contributed by atoms with Gasteiger partial charge in [0.05, 0.1) is 23.3 Å². The molecular weight excluding hydrogens is 565 g/mol. The standard InChI is InChI=1S/C29H38FN9OS.C2H6/c1-6-20-18(5)33-24(34-22(20)7-2)17-39-27(40)25-26(37(9-4)28(39)32-8-3)35-29(36-13-10-11-19(31)15-36)38(25)16-23-21(30)12-14-41-23;1-2/h6-7,12,14,19H,8-11,13,15-17,31H2,1-5H3;1-2H3/b20-6-,22-7+,32-28?;. The van der Waals surface area contributed by atoms with Crippen LogP contribution >= 0.6 is 11.3 Å². The first-order valence-corrected chi connectivity index (χ1v) is 16.1. The van der Waals surface area contributed by atoms with Gasteiger partial charge >= 0.3 is 0 Å². The van der Waals surface area contributed by atoms with Gasteiger partial charge in [-0.2, -0.15) is 4.98 Å². The second kappa shape index (κ2) is 14.2. The van der Waals surface area contributed by atoms with Crippen molar-refractivity contribution in [3.8, 4) is 0 Å². The highest BCUT2D eigenvalue weighted by Gasteiger charge is 2.27. The molecule has 0 radical (unpaired) electrons. The lowest BCUT2D eigenvalue weighted by atomic mass is 10.1. The molecule has 1 aliphatic rings. The Balaban J connectivity index is 0.00000207. The molecule has 4 aromatic heterocycles. The molecule has 0 spiro atoms. The summed E-state index contributed by atoms with van der Waals surface area (Å²) in [6, 6.07) is 1.46. The largest absolute Gasteiger partial charge is 0.341 e. The molecular formula is C31H44FN9OS. The van der Waals surface area contributed by atoms with Gasteiger partial charge in [-0.1, -0.05) is 26.0 Å². The minimum Gasteiger partial charge on any atom is -0.341 e. The minimum absolute atomic E-state index is 0.00406. The fraction of sp³-hybridized carbons (Fsp3) is 0.516. The Labute approximate surface area is 255 Å². The van der Waals surface area contributed by atoms with E-state index in [-0.39, 0.29) is 30.5 Å². The second-order valence-corrected chi connectivity index (χ2v) is 11.2. The van der Waals surface area contributed by atoms with E-state index >= 15 is 0 Å². The highest BCUT2D eigenvalue weighted by molar-refractivity contribution is 7.09. The van der Waals surface area contributed by atoms with E-state index in [0.717, 1.165) is 35.6 Å². The van der Waals surface area contributed by atoms with Crippen LogP contribution in [-0.4, -0.2) is 54.3 Å². The molecule has 1 saturated heterocycles. The number of imidazole rings is 1. The number of fused-ring (bicyclic) bond motifs is 1. The molecule has 4 aromatic rings. The molecule has 0 saturated carbocycles. The fourth-order valence-corrected chi connectivity index (χ4v) is 6.39. The first-order chi connectivity index (χ1) is 20.8. The Morgan fingerprint density at radius 3 is 2.49 bits per heavy atom. The van der Waals surface area contributed by atoms with Gasteiger partial charge in [0.2, 0.25) is 11.6 Å². The number of nitrogens with zero attached hydrogens (tertiary/aromatic N) is 8. The first kappa shape index (κ1) is 32.3. The summed E-state index contributed by atoms with van der Waals surface area (Å²) >= 11 is 1.33. The molecule has 0 aromatic carbocycles. The SMILES string of the molecule is C/C=c1/c(C)nc(Cn2c(=O)c3c(nc(N4CCCC(N)C4)n3Cc3sccc3F)n(CC)c2=NCC)n/c1=C/C.CC. The molecule has 43 heavy (non-hydrogen) atoms. The quantitative estimate of drug-likeness (QED) is 0.345. The predicted molar refractivity (Wildman–Crippen MR) is 173 cm³/mol. The van der Waals surface area contributed by atoms with E-state index in [1.807, 2.05) is 69.8 Å². The average Bonchev–Trinajstić information content (AvgIpc) is 3.59. The van der Waals surface area contributed by atoms with Crippen molar-refractivity contribution in [1.29, 1.82) is 0 Å². The lowest BCUT2D eigenvalue weighted by Gasteiger charge is -2.31. The third kappa shape index (κ3) is 6.35. The van der Waals surface area contributed by atoms with E-state index in [2.05, 4.69) is 4.90 Å². The second-order valence-electron chi connectivity index (χ2n) is 10.2. The third-order valence-electron chi connectivity index (χ3n) is 7.54. The zero-order valence-corrected chi connectivity index (χ0v) is 27.2. The maximum Gasteiger partial charge on any atom is 0.281 e. The van der Waals surface area contributed by atoms with Crippen molar-refractivity contribution in [2.24, 2.45) is 10.7 Å². The zero-order chi connectivity index (χ0) is 31.3. The summed E-state index contributed by atoms with van der Waals surface area (Å²) < 4.78 is 20.2. The monoisotopic (exact) mass is 609 g/mol. The lowest BCUT2D eigenvalue weighted by Crippen LogP contribution is -2.44. The van der Waals surface area contributed by atoms with Crippen LogP contribution in [0.15, 0.2) is 21.2 Å². The van der Waals surface area contributed by atoms with Gasteiger partial charge in [0.1, 0.15) is 11.6 Å². The Bertz CT molecular complexity index is 1830. The molecule has 10 nitrogen and oxygen atoms in total. The minimum atomic E-state index is -0.292. The van der Waals surface area contributed by atoms with Crippen LogP contribution in [0, 0.1) is 12.7 Å². The maximum absolute atomic E-state index is 14.7. The van der Waals surface area contributed by atoms with Crippen molar-refractivity contribution in [3.05, 3.63) is 60.2 Å². The number of aryl methyl sites for hydroxylation is 2. The van der Waals surface area contributed by atoms with Gasteiger partial charge in [0.25, 0.3) is 5.56 Å². The van der Waals surface area contributed by atoms with Crippen molar-refractivity contribution >= 4 is 40.6 Å². The van der Waals surface area contributed by atoms with E-state index < -0.39 is 0 Å². The normalized spacial score (nSPS) is 16.7. The number of rotatable bonds is 7. The van der Waals surface area contributed by atoms with Crippen molar-refractivity contribution in [3.63, 3.8) is 0 Å². The van der Waals surface area contributed by atoms with Crippen LogP contribution in [0.2, 0.25) is 0 Å². The molecule has 12 heteroatoms. The number of anilines is 1. The molecule has 1 aliphatic heterocycles. The third-order valence-corrected chi connectivity index (χ3v) is 8.42. The summed E-state index contributed by atoms with van der Waals surface area (Å²) in [5, 5.41) is 3.52. The van der Waals surface area contributed by atoms with E-state index in [1.54, 1.807) is 9.95 Å². The van der Waals surface area contributed by atoms with E-state index in [4.69, 9.17) is 25.7 Å². The number of piperidine rings is 1. The molecule has 5 rings (SSSR count). The Hall–Kier alpha value is -3.64. The summed E-state index contributed by atoms with van der Waals surface area (Å²) in [4.78, 5) is 36.4. The highest BCUT2D eigenvalue weighted by Crippen LogP contribution is 2.26. The van der Waals surface area contributed by atoms with E-state index in [0.29, 0.717) is 53.1 Å². The highest BCUT2D eigenvalue weighted by atomic mass is 32.1. The van der Waals surface area contributed by atoms with E-state index in [1.165, 1.54) is 17.4 Å². The molecule has 0 aliphatic carbocycles. The molecule has 5 heterocycles. The number of nitrogens with two attached hydrogens (primary N) is 1. The van der Waals surface area contributed by atoms with Gasteiger partial charge in [-0.3, -0.25) is 23.5 Å². The summed E-state index contributed by atoms with van der Waals surface area (Å²) in [5.74, 6) is 0.857. The number of hydrogen-bond acceptors (Lipinski definition) is 8. The van der Waals surface area contributed by atoms with Crippen LogP contribution in [0.25, 0.3) is 23.3 Å². The number of halogens is 1. The molecule has 0 bridgehead atoms. The smallest absolute Gasteiger partial charge is 0.281 e. The van der Waals surface area contributed by atoms with Crippen molar-refractivity contribution in [1.82, 2.24) is 28.7 Å². The number of aromatic nitrogens is 6. The van der Waals surface area contributed by atoms with Crippen molar-refractivity contribution in [2.45, 2.75) is 87.0 Å². The van der Waals surface area contributed by atoms with Crippen LogP contribution in [0.4, 0.5) is 10.3 Å². The average molecular weight is 610 g/mol. The molecule has 1 atom stereocenters. The van der Waals surface area contributed by atoms with Crippen LogP contribution in [0.5, 0.6) is 0 Å². The predicted octanol–water partition coefficient (Wildman–Crippen LogP) is 2.89. The summed E-state index contributed by atoms with van der Waals surface area (Å²) in [7, 11) is 0. The zero-order valence-electron chi connectivity index (χ0n) is 26.4. The van der Waals surface area contributed by atoms with Crippen LogP contribution < -0.4 is 32.4 Å². The lowest BCUT2D eigenvalue weighted by molar-refractivity contribution is 0.495. The Morgan fingerprint density at radius 1 is 1.12 bits per heavy atom. The molecule has 232 valence electrons. The molecule has 0 amide bonds. The van der Waals surface area contributed by atoms with Gasteiger partial charge in [-0.15, -0.1) is 11.3 Å². The van der Waals surface area contributed by atoms with Gasteiger partial charge in [0.15, 0.2) is 11.2 Å². The van der Waals surface area contributed by atoms with Crippen LogP contribution in [0.1, 0.15) is 70.8 Å². The molecule has 1 unspecified atom stereocenters. The van der Waals surface area contributed by atoms with Gasteiger partial charge in [0, 0.05) is 43.1 Å². The van der Waals surface area contributed by atoms with Gasteiger partial charge < -0.3 is 10.6 Å². The maximum atomic E-state index is 14.7. The molecule has 1 fully saturated rings. The van der Waals surface area contributed by atoms with Crippen molar-refractivity contribution < 1.29 is 4.39 Å². The fourth-order valence-electron chi connectivity index (χ4n) is 5.65. The first-order valence-electron chi connectivity index (χ1n) is 15.2. The van der Waals surface area contributed by atoms with Gasteiger partial charge in [-0.05, 0) is 58.9 Å². The Morgan fingerprint density at radius 2 is 1.88 bits per heavy atom. The summed E-state index contributed by atoms with van der Waals surface area (Å²) in [6.45, 7) is 16.5. The summed E-state index contributed by atoms with van der Waals surface area (Å²) in [6.07, 6.45) is 5.79. The van der Waals surface area contributed by atoms with Crippen LogP contribution in [-0.2, 0) is 19.6 Å². The molecule has 2 N–H and O–H groups in total. The Kier molecular flexibility index (Phi) is 10.7. The van der Waals surface area contributed by atoms with E-state index in [9.17, 15) is 9.18 Å². The number of hydrogen-bond donors (Lipinski definition) is 1. The number of thiophene rings is 1. The van der Waals surface area contributed by atoms with Gasteiger partial charge in [-0.25, -0.2) is 14.4 Å². The summed E-state index contributed by atoms with van der Waals surface area (Å²) in [5.41, 5.74) is 8.37. The van der Waals surface area contributed by atoms with Crippen LogP contribution in [0.3, 0.4) is 0 Å². The topological polar surface area (TPSA) is 112 Å².